The van der Waals surface area contributed by atoms with Crippen molar-refractivity contribution < 1.29 is 4.79 Å². The van der Waals surface area contributed by atoms with Crippen molar-refractivity contribution in [2.75, 3.05) is 33.2 Å². The maximum absolute atomic E-state index is 12.6. The fraction of sp³-hybridized carbons (Fsp3) is 0.389. The van der Waals surface area contributed by atoms with Crippen LogP contribution in [-0.4, -0.2) is 59.1 Å². The third-order valence-corrected chi connectivity index (χ3v) is 4.27. The van der Waals surface area contributed by atoms with Crippen LogP contribution in [0.1, 0.15) is 23.2 Å². The monoisotopic (exact) mass is 310 g/mol. The summed E-state index contributed by atoms with van der Waals surface area (Å²) in [5, 5.41) is 8.13. The molecule has 1 fully saturated rings. The Bertz CT molecular complexity index is 653. The van der Waals surface area contributed by atoms with Gasteiger partial charge < -0.3 is 9.80 Å². The molecule has 0 aliphatic carbocycles. The molecule has 1 aliphatic heterocycles. The third-order valence-electron chi connectivity index (χ3n) is 4.27. The smallest absolute Gasteiger partial charge is 0.255 e. The molecule has 23 heavy (non-hydrogen) atoms. The summed E-state index contributed by atoms with van der Waals surface area (Å²) >= 11 is 0. The minimum absolute atomic E-state index is 0.00345. The molecule has 5 nitrogen and oxygen atoms in total. The van der Waals surface area contributed by atoms with Crippen molar-refractivity contribution in [3.63, 3.8) is 0 Å². The Kier molecular flexibility index (Phi) is 4.98. The topological polar surface area (TPSA) is 49.3 Å². The first kappa shape index (κ1) is 15.6. The number of aromatic nitrogens is 2. The fourth-order valence-corrected chi connectivity index (χ4v) is 2.85. The molecule has 1 aromatic carbocycles. The Labute approximate surface area is 136 Å². The van der Waals surface area contributed by atoms with Crippen LogP contribution in [0.2, 0.25) is 0 Å². The average molecular weight is 310 g/mol. The van der Waals surface area contributed by atoms with Crippen LogP contribution in [-0.2, 0) is 0 Å². The fourth-order valence-electron chi connectivity index (χ4n) is 2.85. The third kappa shape index (κ3) is 3.93. The molecule has 0 unspecified atom stereocenters. The lowest BCUT2D eigenvalue weighted by atomic mass is 10.1. The molecule has 0 radical (unpaired) electrons. The number of likely N-dealkylation sites (N-methyl/N-ethyl adjacent to an activating group) is 1. The molecule has 2 heterocycles. The minimum Gasteiger partial charge on any atom is -0.340 e. The van der Waals surface area contributed by atoms with E-state index in [0.29, 0.717) is 5.56 Å². The van der Waals surface area contributed by atoms with Crippen molar-refractivity contribution in [1.29, 1.82) is 0 Å². The molecule has 1 aliphatic rings. The molecule has 0 spiro atoms. The molecule has 0 atom stereocenters. The van der Waals surface area contributed by atoms with Gasteiger partial charge in [-0.3, -0.25) is 4.79 Å². The number of rotatable bonds is 5. The number of likely N-dealkylation sites (tertiary alicyclic amines) is 1. The van der Waals surface area contributed by atoms with E-state index in [1.54, 1.807) is 11.1 Å². The zero-order valence-electron chi connectivity index (χ0n) is 13.5. The van der Waals surface area contributed by atoms with E-state index in [1.807, 2.05) is 43.4 Å². The lowest BCUT2D eigenvalue weighted by Gasteiger charge is -2.21. The first-order valence-corrected chi connectivity index (χ1v) is 8.10. The van der Waals surface area contributed by atoms with E-state index in [4.69, 9.17) is 0 Å². The molecule has 1 saturated heterocycles. The molecular weight excluding hydrogens is 288 g/mol. The number of benzene rings is 1. The van der Waals surface area contributed by atoms with Crippen LogP contribution in [0, 0.1) is 0 Å². The first-order valence-electron chi connectivity index (χ1n) is 8.10. The summed E-state index contributed by atoms with van der Waals surface area (Å²) in [7, 11) is 1.85. The Morgan fingerprint density at radius 1 is 1.22 bits per heavy atom. The normalized spacial score (nSPS) is 14.8. The van der Waals surface area contributed by atoms with Crippen LogP contribution < -0.4 is 0 Å². The molecular formula is C18H22N4O. The molecule has 0 bridgehead atoms. The van der Waals surface area contributed by atoms with Gasteiger partial charge in [-0.15, -0.1) is 0 Å². The van der Waals surface area contributed by atoms with Crippen LogP contribution in [0.5, 0.6) is 0 Å². The summed E-state index contributed by atoms with van der Waals surface area (Å²) in [6.07, 6.45) is 4.08. The molecule has 3 rings (SSSR count). The van der Waals surface area contributed by atoms with Crippen molar-refractivity contribution in [3.05, 3.63) is 48.2 Å². The SMILES string of the molecule is CN(CCN1CCCC1)C(=O)c1cnnc(-c2ccccc2)c1. The number of carbonyl (C=O) groups excluding carboxylic acids is 1. The average Bonchev–Trinajstić information content (AvgIpc) is 3.13. The second-order valence-electron chi connectivity index (χ2n) is 5.97. The van der Waals surface area contributed by atoms with Crippen LogP contribution in [0.4, 0.5) is 0 Å². The van der Waals surface area contributed by atoms with Gasteiger partial charge in [0.25, 0.3) is 5.91 Å². The zero-order valence-corrected chi connectivity index (χ0v) is 13.5. The van der Waals surface area contributed by atoms with Crippen molar-refractivity contribution in [1.82, 2.24) is 20.0 Å². The number of amides is 1. The maximum atomic E-state index is 12.6. The predicted molar refractivity (Wildman–Crippen MR) is 90.1 cm³/mol. The van der Waals surface area contributed by atoms with Gasteiger partial charge in [-0.25, -0.2) is 0 Å². The molecule has 1 aromatic heterocycles. The summed E-state index contributed by atoms with van der Waals surface area (Å²) in [5.41, 5.74) is 2.28. The molecule has 1 amide bonds. The van der Waals surface area contributed by atoms with Gasteiger partial charge in [0.15, 0.2) is 0 Å². The largest absolute Gasteiger partial charge is 0.340 e. The van der Waals surface area contributed by atoms with Gasteiger partial charge in [0, 0.05) is 25.7 Å². The second-order valence-corrected chi connectivity index (χ2v) is 5.97. The Hall–Kier alpha value is -2.27. The molecule has 120 valence electrons. The molecule has 5 heteroatoms. The number of carbonyl (C=O) groups is 1. The van der Waals surface area contributed by atoms with Gasteiger partial charge in [-0.2, -0.15) is 10.2 Å². The van der Waals surface area contributed by atoms with E-state index in [-0.39, 0.29) is 5.91 Å². The standard InChI is InChI=1S/C18H22N4O/c1-21(11-12-22-9-5-6-10-22)18(23)16-13-17(20-19-14-16)15-7-3-2-4-8-15/h2-4,7-8,13-14H,5-6,9-12H2,1H3. The number of hydrogen-bond donors (Lipinski definition) is 0. The Morgan fingerprint density at radius 3 is 2.70 bits per heavy atom. The Balaban J connectivity index is 1.67. The molecule has 0 saturated carbocycles. The van der Waals surface area contributed by atoms with Gasteiger partial charge in [-0.1, -0.05) is 30.3 Å². The van der Waals surface area contributed by atoms with Crippen LogP contribution in [0.15, 0.2) is 42.6 Å². The summed E-state index contributed by atoms with van der Waals surface area (Å²) in [6, 6.07) is 11.6. The number of hydrogen-bond acceptors (Lipinski definition) is 4. The van der Waals surface area contributed by atoms with Gasteiger partial charge in [0.05, 0.1) is 17.5 Å². The number of nitrogens with zero attached hydrogens (tertiary/aromatic N) is 4. The molecule has 0 N–H and O–H groups in total. The first-order chi connectivity index (χ1) is 11.2. The summed E-state index contributed by atoms with van der Waals surface area (Å²) in [6.45, 7) is 3.97. The lowest BCUT2D eigenvalue weighted by Crippen LogP contribution is -2.35. The minimum atomic E-state index is -0.00345. The Morgan fingerprint density at radius 2 is 1.96 bits per heavy atom. The highest BCUT2D eigenvalue weighted by molar-refractivity contribution is 5.94. The van der Waals surface area contributed by atoms with Gasteiger partial charge >= 0.3 is 0 Å². The summed E-state index contributed by atoms with van der Waals surface area (Å²) < 4.78 is 0. The highest BCUT2D eigenvalue weighted by Gasteiger charge is 2.16. The molecule has 2 aromatic rings. The maximum Gasteiger partial charge on any atom is 0.255 e. The van der Waals surface area contributed by atoms with Crippen molar-refractivity contribution in [3.8, 4) is 11.3 Å². The van der Waals surface area contributed by atoms with E-state index in [2.05, 4.69) is 15.1 Å². The summed E-state index contributed by atoms with van der Waals surface area (Å²) in [4.78, 5) is 16.7. The predicted octanol–water partition coefficient (Wildman–Crippen LogP) is 2.31. The lowest BCUT2D eigenvalue weighted by molar-refractivity contribution is 0.0781. The van der Waals surface area contributed by atoms with Gasteiger partial charge in [-0.05, 0) is 32.0 Å². The van der Waals surface area contributed by atoms with E-state index < -0.39 is 0 Å². The highest BCUT2D eigenvalue weighted by Crippen LogP contribution is 2.17. The zero-order chi connectivity index (χ0) is 16.1. The second kappa shape index (κ2) is 7.33. The van der Waals surface area contributed by atoms with E-state index in [1.165, 1.54) is 12.8 Å². The van der Waals surface area contributed by atoms with Crippen LogP contribution in [0.3, 0.4) is 0 Å². The van der Waals surface area contributed by atoms with E-state index in [0.717, 1.165) is 37.4 Å². The van der Waals surface area contributed by atoms with Crippen LogP contribution >= 0.6 is 0 Å². The van der Waals surface area contributed by atoms with Gasteiger partial charge in [0.2, 0.25) is 0 Å². The van der Waals surface area contributed by atoms with Crippen LogP contribution in [0.25, 0.3) is 11.3 Å². The highest BCUT2D eigenvalue weighted by atomic mass is 16.2. The van der Waals surface area contributed by atoms with Gasteiger partial charge in [0.1, 0.15) is 0 Å². The van der Waals surface area contributed by atoms with Crippen molar-refractivity contribution in [2.45, 2.75) is 12.8 Å². The van der Waals surface area contributed by atoms with E-state index in [9.17, 15) is 4.79 Å². The van der Waals surface area contributed by atoms with Crippen molar-refractivity contribution >= 4 is 5.91 Å². The van der Waals surface area contributed by atoms with Crippen molar-refractivity contribution in [2.24, 2.45) is 0 Å². The summed E-state index contributed by atoms with van der Waals surface area (Å²) in [5.74, 6) is -0.00345. The van der Waals surface area contributed by atoms with E-state index >= 15 is 0 Å². The quantitative estimate of drug-likeness (QED) is 0.850.